The van der Waals surface area contributed by atoms with E-state index in [1.165, 1.54) is 6.42 Å². The molecule has 1 aliphatic carbocycles. The van der Waals surface area contributed by atoms with E-state index in [1.807, 2.05) is 27.7 Å². The van der Waals surface area contributed by atoms with Crippen molar-refractivity contribution < 1.29 is 33.2 Å². The van der Waals surface area contributed by atoms with Crippen molar-refractivity contribution in [2.45, 2.75) is 116 Å². The van der Waals surface area contributed by atoms with Crippen LogP contribution in [0.5, 0.6) is 0 Å². The summed E-state index contributed by atoms with van der Waals surface area (Å²) in [6.45, 7) is 14.4. The van der Waals surface area contributed by atoms with Crippen molar-refractivity contribution in [3.63, 3.8) is 0 Å². The molecule has 0 spiro atoms. The van der Waals surface area contributed by atoms with Gasteiger partial charge < -0.3 is 33.7 Å². The number of carbonyl (C=O) groups excluding carboxylic acids is 1. The molecule has 3 heterocycles. The normalized spacial score (nSPS) is 43.7. The third kappa shape index (κ3) is 5.03. The molecule has 3 saturated heterocycles. The van der Waals surface area contributed by atoms with Gasteiger partial charge in [-0.2, -0.15) is 0 Å². The number of hydrogen-bond acceptors (Lipinski definition) is 7. The van der Waals surface area contributed by atoms with Crippen LogP contribution in [0, 0.1) is 17.8 Å². The van der Waals surface area contributed by atoms with Gasteiger partial charge in [-0.3, -0.25) is 0 Å². The lowest BCUT2D eigenvalue weighted by atomic mass is 9.75. The highest BCUT2D eigenvalue weighted by molar-refractivity contribution is 5.68. The number of carbonyl (C=O) groups is 1. The molecule has 0 radical (unpaired) electrons. The summed E-state index contributed by atoms with van der Waals surface area (Å²) >= 11 is 0. The minimum absolute atomic E-state index is 0.0810. The van der Waals surface area contributed by atoms with Crippen LogP contribution in [0.2, 0.25) is 0 Å². The molecule has 4 rings (SSSR count). The molecule has 0 aromatic heterocycles. The van der Waals surface area contributed by atoms with Crippen LogP contribution in [-0.2, 0) is 28.4 Å². The van der Waals surface area contributed by atoms with E-state index in [9.17, 15) is 4.79 Å². The molecule has 4 fully saturated rings. The number of hydrogen-bond donors (Lipinski definition) is 1. The minimum Gasteiger partial charge on any atom is -0.446 e. The number of fused-ring (bicyclic) bond motifs is 1. The van der Waals surface area contributed by atoms with Gasteiger partial charge in [0.1, 0.15) is 24.4 Å². The van der Waals surface area contributed by atoms with Crippen molar-refractivity contribution in [3.8, 4) is 0 Å². The molecule has 0 unspecified atom stereocenters. The lowest BCUT2D eigenvalue weighted by Gasteiger charge is -2.37. The Morgan fingerprint density at radius 2 is 1.77 bits per heavy atom. The van der Waals surface area contributed by atoms with Crippen molar-refractivity contribution in [1.29, 1.82) is 0 Å². The molecule has 8 nitrogen and oxygen atoms in total. The lowest BCUT2D eigenvalue weighted by molar-refractivity contribution is -0.223. The average molecular weight is 442 g/mol. The summed E-state index contributed by atoms with van der Waals surface area (Å²) in [7, 11) is 0. The number of nitrogens with one attached hydrogen (secondary N) is 1. The predicted molar refractivity (Wildman–Crippen MR) is 112 cm³/mol. The van der Waals surface area contributed by atoms with Gasteiger partial charge in [-0.1, -0.05) is 27.2 Å². The second kappa shape index (κ2) is 8.45. The van der Waals surface area contributed by atoms with Gasteiger partial charge in [0.05, 0.1) is 12.6 Å². The van der Waals surface area contributed by atoms with Gasteiger partial charge in [0, 0.05) is 0 Å². The van der Waals surface area contributed by atoms with E-state index in [2.05, 4.69) is 26.1 Å². The van der Waals surface area contributed by atoms with Crippen LogP contribution in [-0.4, -0.2) is 61.0 Å². The smallest absolute Gasteiger partial charge is 0.407 e. The Hall–Kier alpha value is -0.930. The fraction of sp³-hybridized carbons (Fsp3) is 0.957. The summed E-state index contributed by atoms with van der Waals surface area (Å²) in [5.74, 6) is -0.0738. The Morgan fingerprint density at radius 3 is 2.42 bits per heavy atom. The highest BCUT2D eigenvalue weighted by Crippen LogP contribution is 2.41. The average Bonchev–Trinajstić information content (AvgIpc) is 3.25. The van der Waals surface area contributed by atoms with E-state index in [0.29, 0.717) is 24.4 Å². The Bertz CT molecular complexity index is 666. The van der Waals surface area contributed by atoms with Crippen molar-refractivity contribution in [1.82, 2.24) is 5.32 Å². The first-order valence-electron chi connectivity index (χ1n) is 11.7. The van der Waals surface area contributed by atoms with Gasteiger partial charge in [0.25, 0.3) is 0 Å². The van der Waals surface area contributed by atoms with Crippen molar-refractivity contribution >= 4 is 6.09 Å². The highest BCUT2D eigenvalue weighted by atomic mass is 16.8. The quantitative estimate of drug-likeness (QED) is 0.714. The summed E-state index contributed by atoms with van der Waals surface area (Å²) < 4.78 is 35.9. The van der Waals surface area contributed by atoms with E-state index in [4.69, 9.17) is 28.4 Å². The molecule has 1 saturated carbocycles. The third-order valence-electron chi connectivity index (χ3n) is 6.99. The number of alkyl carbamates (subject to hydrolysis) is 1. The van der Waals surface area contributed by atoms with Crippen molar-refractivity contribution in [2.75, 3.05) is 6.61 Å². The Labute approximate surface area is 185 Å². The summed E-state index contributed by atoms with van der Waals surface area (Å²) in [6, 6.07) is -0.458. The Morgan fingerprint density at radius 1 is 1.03 bits per heavy atom. The van der Waals surface area contributed by atoms with Crippen LogP contribution in [0.25, 0.3) is 0 Å². The summed E-state index contributed by atoms with van der Waals surface area (Å²) in [6.07, 6.45) is 0.852. The molecule has 31 heavy (non-hydrogen) atoms. The van der Waals surface area contributed by atoms with Gasteiger partial charge in [-0.25, -0.2) is 4.79 Å². The Kier molecular flexibility index (Phi) is 6.33. The molecule has 8 heteroatoms. The molecule has 0 bridgehead atoms. The second-order valence-electron chi connectivity index (χ2n) is 10.9. The maximum atomic E-state index is 13.0. The van der Waals surface area contributed by atoms with E-state index < -0.39 is 42.2 Å². The highest BCUT2D eigenvalue weighted by Gasteiger charge is 2.59. The van der Waals surface area contributed by atoms with Crippen LogP contribution in [0.15, 0.2) is 0 Å². The summed E-state index contributed by atoms with van der Waals surface area (Å²) in [5.41, 5.74) is 0. The molecule has 0 aromatic carbocycles. The molecule has 178 valence electrons. The van der Waals surface area contributed by atoms with E-state index in [0.717, 1.165) is 12.8 Å². The SMILES string of the molecule is CC(C)[C@H]1CC[C@H](C)C[C@@H]1OC(=O)N[C@H]1[C@H]2OC(C)(C)O[C@H]2O[C@@H]1[C@H]1COC(C)(C)O1. The van der Waals surface area contributed by atoms with Crippen LogP contribution < -0.4 is 5.32 Å². The maximum absolute atomic E-state index is 13.0. The third-order valence-corrected chi connectivity index (χ3v) is 6.99. The van der Waals surface area contributed by atoms with Crippen LogP contribution in [0.3, 0.4) is 0 Å². The van der Waals surface area contributed by atoms with Crippen LogP contribution in [0.4, 0.5) is 4.79 Å². The van der Waals surface area contributed by atoms with Gasteiger partial charge in [-0.05, 0) is 58.3 Å². The molecule has 1 N–H and O–H groups in total. The molecule has 4 aliphatic rings. The predicted octanol–water partition coefficient (Wildman–Crippen LogP) is 3.57. The van der Waals surface area contributed by atoms with Gasteiger partial charge >= 0.3 is 6.09 Å². The second-order valence-corrected chi connectivity index (χ2v) is 10.9. The minimum atomic E-state index is -0.780. The number of ether oxygens (including phenoxy) is 6. The molecular weight excluding hydrogens is 402 g/mol. The summed E-state index contributed by atoms with van der Waals surface area (Å²) in [4.78, 5) is 13.0. The number of rotatable bonds is 4. The molecule has 3 aliphatic heterocycles. The summed E-state index contributed by atoms with van der Waals surface area (Å²) in [5, 5.41) is 3.04. The van der Waals surface area contributed by atoms with Crippen LogP contribution >= 0.6 is 0 Å². The van der Waals surface area contributed by atoms with Crippen molar-refractivity contribution in [2.24, 2.45) is 17.8 Å². The van der Waals surface area contributed by atoms with Gasteiger partial charge in [0.2, 0.25) is 0 Å². The maximum Gasteiger partial charge on any atom is 0.407 e. The van der Waals surface area contributed by atoms with Crippen LogP contribution in [0.1, 0.15) is 67.7 Å². The zero-order valence-corrected chi connectivity index (χ0v) is 19.9. The molecular formula is C23H39NO7. The molecule has 0 aromatic rings. The van der Waals surface area contributed by atoms with E-state index in [1.54, 1.807) is 0 Å². The zero-order chi connectivity index (χ0) is 22.6. The Balaban J connectivity index is 1.46. The van der Waals surface area contributed by atoms with Gasteiger partial charge in [0.15, 0.2) is 17.9 Å². The molecule has 8 atom stereocenters. The first-order valence-corrected chi connectivity index (χ1v) is 11.7. The molecule has 1 amide bonds. The fourth-order valence-electron chi connectivity index (χ4n) is 5.45. The van der Waals surface area contributed by atoms with Gasteiger partial charge in [-0.15, -0.1) is 0 Å². The van der Waals surface area contributed by atoms with Crippen molar-refractivity contribution in [3.05, 3.63) is 0 Å². The lowest BCUT2D eigenvalue weighted by Crippen LogP contribution is -2.53. The fourth-order valence-corrected chi connectivity index (χ4v) is 5.45. The zero-order valence-electron chi connectivity index (χ0n) is 19.9. The largest absolute Gasteiger partial charge is 0.446 e. The number of amides is 1. The monoisotopic (exact) mass is 441 g/mol. The van der Waals surface area contributed by atoms with E-state index in [-0.39, 0.29) is 12.2 Å². The first kappa shape index (κ1) is 23.2. The topological polar surface area (TPSA) is 84.5 Å². The van der Waals surface area contributed by atoms with E-state index >= 15 is 0 Å². The first-order chi connectivity index (χ1) is 14.4. The standard InChI is InChI=1S/C23H39NO7/c1-12(2)14-9-8-13(3)10-15(14)27-21(25)24-17-18(16-11-26-22(4,5)29-16)28-20-19(17)30-23(6,7)31-20/h12-20H,8-11H2,1-7H3,(H,24,25)/t13-,14+,15-,16+,17+,18+,19+,20+/m0/s1.